The highest BCUT2D eigenvalue weighted by atomic mass is 19.1. The lowest BCUT2D eigenvalue weighted by molar-refractivity contribution is 0.269. The largest absolute Gasteiger partial charge is 0.391 e. The van der Waals surface area contributed by atoms with Crippen molar-refractivity contribution in [2.75, 3.05) is 0 Å². The Morgan fingerprint density at radius 2 is 1.61 bits per heavy atom. The molecule has 1 N–H and O–H groups in total. The molecule has 0 heterocycles. The molecule has 0 radical (unpaired) electrons. The summed E-state index contributed by atoms with van der Waals surface area (Å²) in [5.41, 5.74) is 1.46. The first-order chi connectivity index (χ1) is 13.5. The van der Waals surface area contributed by atoms with Gasteiger partial charge < -0.3 is 5.11 Å². The summed E-state index contributed by atoms with van der Waals surface area (Å²) in [6, 6.07) is 13.8. The molecular formula is C23H18F3NO. The number of rotatable bonds is 5. The van der Waals surface area contributed by atoms with Crippen molar-refractivity contribution in [1.82, 2.24) is 0 Å². The van der Waals surface area contributed by atoms with E-state index in [1.165, 1.54) is 12.1 Å². The van der Waals surface area contributed by atoms with Crippen molar-refractivity contribution >= 4 is 0 Å². The summed E-state index contributed by atoms with van der Waals surface area (Å²) in [4.78, 5) is 0. The zero-order chi connectivity index (χ0) is 20.3. The van der Waals surface area contributed by atoms with Gasteiger partial charge in [-0.05, 0) is 46.9 Å². The molecule has 142 valence electrons. The molecule has 0 atom stereocenters. The van der Waals surface area contributed by atoms with Gasteiger partial charge in [-0.2, -0.15) is 5.26 Å². The Labute approximate surface area is 161 Å². The van der Waals surface area contributed by atoms with E-state index in [1.54, 1.807) is 18.2 Å². The van der Waals surface area contributed by atoms with Gasteiger partial charge in [0.1, 0.15) is 23.5 Å². The van der Waals surface area contributed by atoms with E-state index in [2.05, 4.69) is 6.92 Å². The highest BCUT2D eigenvalue weighted by Gasteiger charge is 2.21. The normalized spacial score (nSPS) is 10.7. The van der Waals surface area contributed by atoms with Crippen LogP contribution in [0.25, 0.3) is 22.3 Å². The third-order valence-electron chi connectivity index (χ3n) is 4.65. The number of nitrogens with zero attached hydrogens (tertiary/aromatic N) is 1. The molecule has 3 rings (SSSR count). The minimum absolute atomic E-state index is 0.0811. The minimum atomic E-state index is -0.911. The van der Waals surface area contributed by atoms with E-state index >= 15 is 4.39 Å². The number of aliphatic hydroxyl groups excluding tert-OH is 1. The van der Waals surface area contributed by atoms with Crippen molar-refractivity contribution in [2.24, 2.45) is 0 Å². The van der Waals surface area contributed by atoms with E-state index in [-0.39, 0.29) is 22.3 Å². The van der Waals surface area contributed by atoms with Crippen LogP contribution in [0.5, 0.6) is 0 Å². The van der Waals surface area contributed by atoms with Gasteiger partial charge in [0.2, 0.25) is 0 Å². The lowest BCUT2D eigenvalue weighted by atomic mass is 9.90. The molecular weight excluding hydrogens is 363 g/mol. The lowest BCUT2D eigenvalue weighted by Gasteiger charge is -2.16. The first kappa shape index (κ1) is 19.7. The SMILES string of the molecule is CCCc1ccc(-c2c(-c3ccc(C#N)c(F)c3)cc(F)c(CO)c2F)cc1. The van der Waals surface area contributed by atoms with Crippen LogP contribution in [0.1, 0.15) is 30.0 Å². The Morgan fingerprint density at radius 1 is 0.929 bits per heavy atom. The fraction of sp³-hybridized carbons (Fsp3) is 0.174. The first-order valence-electron chi connectivity index (χ1n) is 8.91. The maximum Gasteiger partial charge on any atom is 0.141 e. The van der Waals surface area contributed by atoms with Gasteiger partial charge in [0.15, 0.2) is 0 Å². The smallest absolute Gasteiger partial charge is 0.141 e. The number of hydrogen-bond acceptors (Lipinski definition) is 2. The topological polar surface area (TPSA) is 44.0 Å². The third-order valence-corrected chi connectivity index (χ3v) is 4.65. The van der Waals surface area contributed by atoms with Gasteiger partial charge >= 0.3 is 0 Å². The molecule has 0 aliphatic heterocycles. The number of benzene rings is 3. The fourth-order valence-corrected chi connectivity index (χ4v) is 3.21. The zero-order valence-corrected chi connectivity index (χ0v) is 15.3. The van der Waals surface area contributed by atoms with Gasteiger partial charge in [0.25, 0.3) is 0 Å². The molecule has 5 heteroatoms. The maximum absolute atomic E-state index is 15.1. The summed E-state index contributed by atoms with van der Waals surface area (Å²) in [7, 11) is 0. The summed E-state index contributed by atoms with van der Waals surface area (Å²) in [5.74, 6) is -2.56. The Morgan fingerprint density at radius 3 is 2.18 bits per heavy atom. The Hall–Kier alpha value is -3.10. The molecule has 0 fully saturated rings. The lowest BCUT2D eigenvalue weighted by Crippen LogP contribution is -2.01. The van der Waals surface area contributed by atoms with Crippen LogP contribution in [0.3, 0.4) is 0 Å². The van der Waals surface area contributed by atoms with Crippen molar-refractivity contribution in [3.63, 3.8) is 0 Å². The fourth-order valence-electron chi connectivity index (χ4n) is 3.21. The van der Waals surface area contributed by atoms with Gasteiger partial charge in [-0.1, -0.05) is 43.7 Å². The maximum atomic E-state index is 15.1. The van der Waals surface area contributed by atoms with E-state index in [0.717, 1.165) is 30.5 Å². The summed E-state index contributed by atoms with van der Waals surface area (Å²) in [6.45, 7) is 1.26. The van der Waals surface area contributed by atoms with Crippen LogP contribution in [0, 0.1) is 28.8 Å². The molecule has 28 heavy (non-hydrogen) atoms. The molecule has 0 aliphatic rings. The number of nitriles is 1. The summed E-state index contributed by atoms with van der Waals surface area (Å²) < 4.78 is 43.6. The Kier molecular flexibility index (Phi) is 5.81. The van der Waals surface area contributed by atoms with Crippen molar-refractivity contribution in [2.45, 2.75) is 26.4 Å². The van der Waals surface area contributed by atoms with E-state index in [1.807, 2.05) is 12.1 Å². The van der Waals surface area contributed by atoms with Gasteiger partial charge in [0.05, 0.1) is 12.2 Å². The van der Waals surface area contributed by atoms with Crippen LogP contribution in [-0.4, -0.2) is 5.11 Å². The second kappa shape index (κ2) is 8.28. The molecule has 0 unspecified atom stereocenters. The first-order valence-corrected chi connectivity index (χ1v) is 8.91. The minimum Gasteiger partial charge on any atom is -0.391 e. The monoisotopic (exact) mass is 381 g/mol. The zero-order valence-electron chi connectivity index (χ0n) is 15.3. The average molecular weight is 381 g/mol. The summed E-state index contributed by atoms with van der Waals surface area (Å²) in [5, 5.41) is 18.3. The van der Waals surface area contributed by atoms with Crippen LogP contribution >= 0.6 is 0 Å². The predicted octanol–water partition coefficient (Wildman–Crippen LogP) is 5.75. The second-order valence-corrected chi connectivity index (χ2v) is 6.48. The van der Waals surface area contributed by atoms with Crippen molar-refractivity contribution in [1.29, 1.82) is 5.26 Å². The van der Waals surface area contributed by atoms with Crippen LogP contribution < -0.4 is 0 Å². The molecule has 2 nitrogen and oxygen atoms in total. The second-order valence-electron chi connectivity index (χ2n) is 6.48. The molecule has 3 aromatic rings. The molecule has 3 aromatic carbocycles. The molecule has 0 aromatic heterocycles. The Bertz CT molecular complexity index is 1050. The number of halogens is 3. The van der Waals surface area contributed by atoms with Gasteiger partial charge in [0, 0.05) is 11.1 Å². The van der Waals surface area contributed by atoms with E-state index in [4.69, 9.17) is 5.26 Å². The molecule has 0 amide bonds. The summed E-state index contributed by atoms with van der Waals surface area (Å²) >= 11 is 0. The number of aryl methyl sites for hydroxylation is 1. The quantitative estimate of drug-likeness (QED) is 0.611. The summed E-state index contributed by atoms with van der Waals surface area (Å²) in [6.07, 6.45) is 1.84. The molecule has 0 saturated carbocycles. The highest BCUT2D eigenvalue weighted by molar-refractivity contribution is 5.85. The molecule has 0 spiro atoms. The van der Waals surface area contributed by atoms with E-state index in [9.17, 15) is 13.9 Å². The third kappa shape index (κ3) is 3.64. The standard InChI is InChI=1S/C23H18F3NO/c1-2-3-14-4-6-15(7-5-14)22-18(11-21(25)19(13-28)23(22)26)16-8-9-17(12-27)20(24)10-16/h4-11,28H,2-3,13H2,1H3. The average Bonchev–Trinajstić information content (AvgIpc) is 2.69. The molecule has 0 saturated heterocycles. The van der Waals surface area contributed by atoms with Crippen LogP contribution in [0.2, 0.25) is 0 Å². The van der Waals surface area contributed by atoms with Gasteiger partial charge in [-0.3, -0.25) is 0 Å². The van der Waals surface area contributed by atoms with Gasteiger partial charge in [-0.25, -0.2) is 13.2 Å². The van der Waals surface area contributed by atoms with E-state index < -0.39 is 29.6 Å². The van der Waals surface area contributed by atoms with Crippen LogP contribution in [-0.2, 0) is 13.0 Å². The van der Waals surface area contributed by atoms with Crippen LogP contribution in [0.4, 0.5) is 13.2 Å². The van der Waals surface area contributed by atoms with Crippen molar-refractivity contribution in [3.05, 3.63) is 82.7 Å². The van der Waals surface area contributed by atoms with E-state index in [0.29, 0.717) is 5.56 Å². The van der Waals surface area contributed by atoms with Crippen LogP contribution in [0.15, 0.2) is 48.5 Å². The number of aliphatic hydroxyl groups is 1. The Balaban J connectivity index is 2.25. The molecule has 0 aliphatic carbocycles. The predicted molar refractivity (Wildman–Crippen MR) is 102 cm³/mol. The number of hydrogen-bond donors (Lipinski definition) is 1. The van der Waals surface area contributed by atoms with Gasteiger partial charge in [-0.15, -0.1) is 0 Å². The highest BCUT2D eigenvalue weighted by Crippen LogP contribution is 2.38. The van der Waals surface area contributed by atoms with Crippen molar-refractivity contribution in [3.8, 4) is 28.3 Å². The van der Waals surface area contributed by atoms with Crippen molar-refractivity contribution < 1.29 is 18.3 Å². The molecule has 0 bridgehead atoms.